The molecule has 1 amide bonds. The van der Waals surface area contributed by atoms with Crippen LogP contribution in [0.2, 0.25) is 0 Å². The van der Waals surface area contributed by atoms with Gasteiger partial charge in [0.2, 0.25) is 0 Å². The van der Waals surface area contributed by atoms with Crippen molar-refractivity contribution in [3.8, 4) is 0 Å². The Bertz CT molecular complexity index is 810. The Hall–Kier alpha value is -2.83. The Labute approximate surface area is 165 Å². The third kappa shape index (κ3) is 4.52. The lowest BCUT2D eigenvalue weighted by Gasteiger charge is -2.35. The van der Waals surface area contributed by atoms with Crippen molar-refractivity contribution in [2.75, 3.05) is 42.9 Å². The monoisotopic (exact) mass is 381 g/mol. The van der Waals surface area contributed by atoms with E-state index < -0.39 is 0 Å². The van der Waals surface area contributed by atoms with E-state index >= 15 is 0 Å². The molecule has 28 heavy (non-hydrogen) atoms. The average molecular weight is 381 g/mol. The van der Waals surface area contributed by atoms with E-state index in [9.17, 15) is 4.79 Å². The summed E-state index contributed by atoms with van der Waals surface area (Å²) >= 11 is 0. The number of furan rings is 1. The van der Waals surface area contributed by atoms with Gasteiger partial charge in [0, 0.05) is 38.8 Å². The zero-order chi connectivity index (χ0) is 19.2. The van der Waals surface area contributed by atoms with Crippen molar-refractivity contribution in [3.63, 3.8) is 0 Å². The number of anilines is 2. The summed E-state index contributed by atoms with van der Waals surface area (Å²) in [6.07, 6.45) is 11.7. The number of aromatic nitrogens is 2. The summed E-state index contributed by atoms with van der Waals surface area (Å²) < 4.78 is 5.22. The Morgan fingerprint density at radius 3 is 2.82 bits per heavy atom. The highest BCUT2D eigenvalue weighted by Gasteiger charge is 2.24. The lowest BCUT2D eigenvalue weighted by atomic mass is 9.97. The molecule has 1 saturated heterocycles. The average Bonchev–Trinajstić information content (AvgIpc) is 3.29. The molecule has 0 radical (unpaired) electrons. The molecule has 148 valence electrons. The highest BCUT2D eigenvalue weighted by atomic mass is 16.3. The summed E-state index contributed by atoms with van der Waals surface area (Å²) in [7, 11) is 0. The maximum Gasteiger partial charge on any atom is 0.289 e. The predicted molar refractivity (Wildman–Crippen MR) is 109 cm³/mol. The number of allylic oxidation sites excluding steroid dienone is 1. The SMILES string of the molecule is O=C(c1ccco1)N1CCN(c2cc(NCCC3=CCCCC3)ncn2)CC1. The Morgan fingerprint density at radius 2 is 2.07 bits per heavy atom. The molecule has 1 aliphatic carbocycles. The molecule has 0 saturated carbocycles. The maximum absolute atomic E-state index is 12.4. The third-order valence-corrected chi connectivity index (χ3v) is 5.41. The van der Waals surface area contributed by atoms with Crippen LogP contribution >= 0.6 is 0 Å². The lowest BCUT2D eigenvalue weighted by molar-refractivity contribution is 0.0714. The summed E-state index contributed by atoms with van der Waals surface area (Å²) in [4.78, 5) is 25.2. The van der Waals surface area contributed by atoms with Crippen LogP contribution in [0.25, 0.3) is 0 Å². The van der Waals surface area contributed by atoms with Gasteiger partial charge in [0.15, 0.2) is 5.76 Å². The largest absolute Gasteiger partial charge is 0.459 e. The van der Waals surface area contributed by atoms with E-state index in [0.29, 0.717) is 18.8 Å². The van der Waals surface area contributed by atoms with E-state index in [1.54, 1.807) is 24.0 Å². The topological polar surface area (TPSA) is 74.5 Å². The van der Waals surface area contributed by atoms with Gasteiger partial charge >= 0.3 is 0 Å². The molecular weight excluding hydrogens is 354 g/mol. The summed E-state index contributed by atoms with van der Waals surface area (Å²) in [5.41, 5.74) is 1.56. The summed E-state index contributed by atoms with van der Waals surface area (Å²) in [5.74, 6) is 2.11. The predicted octanol–water partition coefficient (Wildman–Crippen LogP) is 3.33. The third-order valence-electron chi connectivity index (χ3n) is 5.41. The fourth-order valence-electron chi connectivity index (χ4n) is 3.79. The molecule has 0 atom stereocenters. The molecule has 2 aliphatic rings. The van der Waals surface area contributed by atoms with Crippen molar-refractivity contribution in [1.29, 1.82) is 0 Å². The second kappa shape index (κ2) is 8.91. The van der Waals surface area contributed by atoms with Crippen molar-refractivity contribution in [2.24, 2.45) is 0 Å². The molecule has 2 aromatic heterocycles. The zero-order valence-corrected chi connectivity index (χ0v) is 16.1. The van der Waals surface area contributed by atoms with E-state index in [1.165, 1.54) is 31.9 Å². The van der Waals surface area contributed by atoms with Crippen LogP contribution in [0.4, 0.5) is 11.6 Å². The van der Waals surface area contributed by atoms with Crippen molar-refractivity contribution in [3.05, 3.63) is 48.2 Å². The number of amides is 1. The molecule has 3 heterocycles. The molecule has 7 nitrogen and oxygen atoms in total. The van der Waals surface area contributed by atoms with Crippen molar-refractivity contribution >= 4 is 17.5 Å². The quantitative estimate of drug-likeness (QED) is 0.774. The highest BCUT2D eigenvalue weighted by Crippen LogP contribution is 2.21. The normalized spacial score (nSPS) is 17.4. The molecule has 1 fully saturated rings. The van der Waals surface area contributed by atoms with Crippen LogP contribution in [0.5, 0.6) is 0 Å². The molecule has 0 aromatic carbocycles. The second-order valence-electron chi connectivity index (χ2n) is 7.30. The minimum absolute atomic E-state index is 0.0493. The van der Waals surface area contributed by atoms with Gasteiger partial charge < -0.3 is 19.5 Å². The van der Waals surface area contributed by atoms with Crippen LogP contribution < -0.4 is 10.2 Å². The summed E-state index contributed by atoms with van der Waals surface area (Å²) in [6.45, 7) is 3.69. The van der Waals surface area contributed by atoms with Gasteiger partial charge in [-0.15, -0.1) is 0 Å². The smallest absolute Gasteiger partial charge is 0.289 e. The molecular formula is C21H27N5O2. The van der Waals surface area contributed by atoms with Crippen LogP contribution in [0.1, 0.15) is 42.7 Å². The molecule has 0 spiro atoms. The number of piperazine rings is 1. The Morgan fingerprint density at radius 1 is 1.18 bits per heavy atom. The molecule has 1 aliphatic heterocycles. The van der Waals surface area contributed by atoms with E-state index in [2.05, 4.69) is 26.3 Å². The molecule has 0 unspecified atom stereocenters. The fraction of sp³-hybridized carbons (Fsp3) is 0.476. The first-order chi connectivity index (χ1) is 13.8. The first-order valence-corrected chi connectivity index (χ1v) is 10.1. The van der Waals surface area contributed by atoms with Crippen LogP contribution in [0.3, 0.4) is 0 Å². The molecule has 4 rings (SSSR count). The molecule has 1 N–H and O–H groups in total. The standard InChI is InChI=1S/C21H27N5O2/c27-21(18-7-4-14-28-18)26-12-10-25(11-13-26)20-15-19(23-16-24-20)22-9-8-17-5-2-1-3-6-17/h4-5,7,14-16H,1-3,6,8-13H2,(H,22,23,24). The Balaban J connectivity index is 1.28. The van der Waals surface area contributed by atoms with Gasteiger partial charge in [0.1, 0.15) is 18.0 Å². The summed E-state index contributed by atoms with van der Waals surface area (Å²) in [5, 5.41) is 3.42. The van der Waals surface area contributed by atoms with Crippen LogP contribution in [0, 0.1) is 0 Å². The number of nitrogens with zero attached hydrogens (tertiary/aromatic N) is 4. The minimum Gasteiger partial charge on any atom is -0.459 e. The van der Waals surface area contributed by atoms with Crippen LogP contribution in [-0.4, -0.2) is 53.5 Å². The molecule has 0 bridgehead atoms. The Kier molecular flexibility index (Phi) is 5.89. The first kappa shape index (κ1) is 18.5. The number of rotatable bonds is 6. The highest BCUT2D eigenvalue weighted by molar-refractivity contribution is 5.91. The van der Waals surface area contributed by atoms with Crippen molar-refractivity contribution in [2.45, 2.75) is 32.1 Å². The number of hydrogen-bond acceptors (Lipinski definition) is 6. The maximum atomic E-state index is 12.4. The van der Waals surface area contributed by atoms with E-state index in [0.717, 1.165) is 37.7 Å². The van der Waals surface area contributed by atoms with Crippen molar-refractivity contribution < 1.29 is 9.21 Å². The molecule has 7 heteroatoms. The second-order valence-corrected chi connectivity index (χ2v) is 7.30. The number of hydrogen-bond donors (Lipinski definition) is 1. The number of carbonyl (C=O) groups is 1. The van der Waals surface area contributed by atoms with Gasteiger partial charge in [0.05, 0.1) is 6.26 Å². The van der Waals surface area contributed by atoms with Gasteiger partial charge in [-0.2, -0.15) is 0 Å². The number of nitrogens with one attached hydrogen (secondary N) is 1. The molecule has 2 aromatic rings. The van der Waals surface area contributed by atoms with Crippen LogP contribution in [-0.2, 0) is 0 Å². The van der Waals surface area contributed by atoms with E-state index in [4.69, 9.17) is 4.42 Å². The number of carbonyl (C=O) groups excluding carboxylic acids is 1. The van der Waals surface area contributed by atoms with Gasteiger partial charge in [-0.3, -0.25) is 4.79 Å². The zero-order valence-electron chi connectivity index (χ0n) is 16.1. The van der Waals surface area contributed by atoms with Crippen LogP contribution in [0.15, 0.2) is 46.9 Å². The van der Waals surface area contributed by atoms with Gasteiger partial charge in [-0.1, -0.05) is 11.6 Å². The lowest BCUT2D eigenvalue weighted by Crippen LogP contribution is -2.49. The minimum atomic E-state index is -0.0493. The summed E-state index contributed by atoms with van der Waals surface area (Å²) in [6, 6.07) is 5.45. The van der Waals surface area contributed by atoms with Gasteiger partial charge in [0.25, 0.3) is 5.91 Å². The van der Waals surface area contributed by atoms with Gasteiger partial charge in [-0.25, -0.2) is 9.97 Å². The fourth-order valence-corrected chi connectivity index (χ4v) is 3.79. The van der Waals surface area contributed by atoms with Crippen molar-refractivity contribution in [1.82, 2.24) is 14.9 Å². The van der Waals surface area contributed by atoms with Gasteiger partial charge in [-0.05, 0) is 44.2 Å². The van der Waals surface area contributed by atoms with E-state index in [-0.39, 0.29) is 5.91 Å². The van der Waals surface area contributed by atoms with E-state index in [1.807, 2.05) is 11.0 Å². The first-order valence-electron chi connectivity index (χ1n) is 10.1.